The molecule has 0 fully saturated rings. The van der Waals surface area contributed by atoms with Gasteiger partial charge in [0.2, 0.25) is 5.91 Å². The summed E-state index contributed by atoms with van der Waals surface area (Å²) in [6.07, 6.45) is 1.92. The Balaban J connectivity index is 1.83. The van der Waals surface area contributed by atoms with Crippen molar-refractivity contribution in [2.45, 2.75) is 20.3 Å². The highest BCUT2D eigenvalue weighted by Crippen LogP contribution is 2.26. The van der Waals surface area contributed by atoms with Crippen LogP contribution in [0.5, 0.6) is 0 Å². The van der Waals surface area contributed by atoms with Crippen molar-refractivity contribution in [2.75, 3.05) is 5.32 Å². The van der Waals surface area contributed by atoms with E-state index in [4.69, 9.17) is 0 Å². The number of aryl methyl sites for hydroxylation is 3. The van der Waals surface area contributed by atoms with Gasteiger partial charge in [0.15, 0.2) is 0 Å². The third kappa shape index (κ3) is 3.76. The number of rotatable bonds is 4. The second-order valence-corrected chi connectivity index (χ2v) is 6.21. The van der Waals surface area contributed by atoms with Gasteiger partial charge in [-0.2, -0.15) is 0 Å². The molecule has 1 heterocycles. The van der Waals surface area contributed by atoms with E-state index >= 15 is 0 Å². The summed E-state index contributed by atoms with van der Waals surface area (Å²) in [6.45, 7) is 4.00. The number of carbonyl (C=O) groups is 1. The second-order valence-electron chi connectivity index (χ2n) is 6.21. The molecule has 0 atom stereocenters. The number of carbonyl (C=O) groups excluding carboxylic acids is 1. The van der Waals surface area contributed by atoms with Gasteiger partial charge in [0.25, 0.3) is 0 Å². The van der Waals surface area contributed by atoms with E-state index in [2.05, 4.69) is 10.3 Å². The van der Waals surface area contributed by atoms with Crippen molar-refractivity contribution in [1.82, 2.24) is 9.55 Å². The number of anilines is 1. The molecule has 0 unspecified atom stereocenters. The van der Waals surface area contributed by atoms with Gasteiger partial charge in [0.05, 0.1) is 12.7 Å². The molecule has 0 aliphatic rings. The Morgan fingerprint density at radius 3 is 2.60 bits per heavy atom. The lowest BCUT2D eigenvalue weighted by Crippen LogP contribution is -2.17. The molecule has 1 amide bonds. The maximum atomic E-state index is 13.1. The summed E-state index contributed by atoms with van der Waals surface area (Å²) in [7, 11) is 1.81. The Morgan fingerprint density at radius 2 is 1.88 bits per heavy atom. The zero-order valence-electron chi connectivity index (χ0n) is 14.5. The summed E-state index contributed by atoms with van der Waals surface area (Å²) in [4.78, 5) is 16.9. The number of halogens is 1. The molecule has 128 valence electrons. The lowest BCUT2D eigenvalue weighted by Gasteiger charge is -2.10. The van der Waals surface area contributed by atoms with Crippen molar-refractivity contribution in [3.8, 4) is 11.3 Å². The van der Waals surface area contributed by atoms with Crippen LogP contribution in [0.3, 0.4) is 0 Å². The quantitative estimate of drug-likeness (QED) is 0.781. The summed E-state index contributed by atoms with van der Waals surface area (Å²) in [5.74, 6) is 0.183. The van der Waals surface area contributed by atoms with Gasteiger partial charge in [-0.3, -0.25) is 4.79 Å². The smallest absolute Gasteiger partial charge is 0.229 e. The van der Waals surface area contributed by atoms with Crippen LogP contribution < -0.4 is 5.32 Å². The highest BCUT2D eigenvalue weighted by molar-refractivity contribution is 5.95. The molecular formula is C20H20FN3O. The molecule has 0 bridgehead atoms. The lowest BCUT2D eigenvalue weighted by atomic mass is 10.0. The van der Waals surface area contributed by atoms with Crippen LogP contribution in [0.4, 0.5) is 10.2 Å². The van der Waals surface area contributed by atoms with Crippen LogP contribution in [0, 0.1) is 19.7 Å². The average Bonchev–Trinajstić information content (AvgIpc) is 2.93. The van der Waals surface area contributed by atoms with Crippen LogP contribution in [-0.2, 0) is 18.3 Å². The molecule has 0 radical (unpaired) electrons. The lowest BCUT2D eigenvalue weighted by molar-refractivity contribution is -0.115. The highest BCUT2D eigenvalue weighted by atomic mass is 19.1. The zero-order chi connectivity index (χ0) is 18.0. The van der Waals surface area contributed by atoms with Gasteiger partial charge in [0.1, 0.15) is 17.3 Å². The van der Waals surface area contributed by atoms with E-state index in [1.165, 1.54) is 12.1 Å². The first kappa shape index (κ1) is 16.9. The summed E-state index contributed by atoms with van der Waals surface area (Å²) < 4.78 is 14.9. The third-order valence-corrected chi connectivity index (χ3v) is 4.17. The van der Waals surface area contributed by atoms with Gasteiger partial charge in [-0.1, -0.05) is 23.8 Å². The van der Waals surface area contributed by atoms with E-state index in [0.717, 1.165) is 22.3 Å². The first-order valence-electron chi connectivity index (χ1n) is 8.07. The molecule has 4 nitrogen and oxygen atoms in total. The topological polar surface area (TPSA) is 46.9 Å². The van der Waals surface area contributed by atoms with Crippen molar-refractivity contribution in [3.63, 3.8) is 0 Å². The second kappa shape index (κ2) is 6.89. The zero-order valence-corrected chi connectivity index (χ0v) is 14.5. The molecule has 0 aliphatic carbocycles. The number of benzene rings is 2. The Morgan fingerprint density at radius 1 is 1.16 bits per heavy atom. The van der Waals surface area contributed by atoms with E-state index in [0.29, 0.717) is 17.9 Å². The molecule has 1 N–H and O–H groups in total. The van der Waals surface area contributed by atoms with Gasteiger partial charge < -0.3 is 9.88 Å². The fourth-order valence-electron chi connectivity index (χ4n) is 2.74. The number of hydrogen-bond acceptors (Lipinski definition) is 2. The third-order valence-electron chi connectivity index (χ3n) is 4.17. The Hall–Kier alpha value is -2.95. The molecule has 2 aromatic carbocycles. The summed E-state index contributed by atoms with van der Waals surface area (Å²) in [5.41, 5.74) is 4.59. The number of nitrogens with zero attached hydrogens (tertiary/aromatic N) is 2. The van der Waals surface area contributed by atoms with Crippen LogP contribution >= 0.6 is 0 Å². The number of aromatic nitrogens is 2. The molecule has 0 aliphatic heterocycles. The molecule has 0 spiro atoms. The molecule has 3 aromatic rings. The highest BCUT2D eigenvalue weighted by Gasteiger charge is 2.15. The minimum Gasteiger partial charge on any atom is -0.320 e. The normalized spacial score (nSPS) is 10.7. The van der Waals surface area contributed by atoms with Crippen molar-refractivity contribution in [2.24, 2.45) is 7.05 Å². The molecule has 1 aromatic heterocycles. The number of hydrogen-bond donors (Lipinski definition) is 1. The molecular weight excluding hydrogens is 317 g/mol. The van der Waals surface area contributed by atoms with Crippen molar-refractivity contribution >= 4 is 11.7 Å². The van der Waals surface area contributed by atoms with E-state index < -0.39 is 0 Å². The van der Waals surface area contributed by atoms with E-state index in [1.54, 1.807) is 23.0 Å². The molecule has 25 heavy (non-hydrogen) atoms. The minimum absolute atomic E-state index is 0.110. The van der Waals surface area contributed by atoms with Gasteiger partial charge in [-0.05, 0) is 49.2 Å². The van der Waals surface area contributed by atoms with Crippen LogP contribution in [-0.4, -0.2) is 15.5 Å². The summed E-state index contributed by atoms with van der Waals surface area (Å²) in [6, 6.07) is 12.1. The molecule has 0 saturated carbocycles. The van der Waals surface area contributed by atoms with E-state index in [1.807, 2.05) is 39.1 Å². The minimum atomic E-state index is -0.305. The van der Waals surface area contributed by atoms with Gasteiger partial charge in [-0.25, -0.2) is 9.37 Å². The molecule has 0 saturated heterocycles. The largest absolute Gasteiger partial charge is 0.320 e. The van der Waals surface area contributed by atoms with Crippen LogP contribution in [0.15, 0.2) is 48.8 Å². The van der Waals surface area contributed by atoms with Crippen molar-refractivity contribution in [3.05, 3.63) is 71.3 Å². The average molecular weight is 337 g/mol. The van der Waals surface area contributed by atoms with Gasteiger partial charge in [0, 0.05) is 12.6 Å². The van der Waals surface area contributed by atoms with E-state index in [-0.39, 0.29) is 11.7 Å². The Labute approximate surface area is 146 Å². The molecule has 3 rings (SSSR count). The van der Waals surface area contributed by atoms with E-state index in [9.17, 15) is 9.18 Å². The van der Waals surface area contributed by atoms with Crippen LogP contribution in [0.1, 0.15) is 16.7 Å². The monoisotopic (exact) mass is 337 g/mol. The maximum Gasteiger partial charge on any atom is 0.229 e. The predicted octanol–water partition coefficient (Wildman–Crippen LogP) is 4.02. The van der Waals surface area contributed by atoms with Crippen molar-refractivity contribution < 1.29 is 9.18 Å². The molecule has 5 heteroatoms. The van der Waals surface area contributed by atoms with Crippen LogP contribution in [0.2, 0.25) is 0 Å². The summed E-state index contributed by atoms with van der Waals surface area (Å²) >= 11 is 0. The first-order chi connectivity index (χ1) is 11.9. The van der Waals surface area contributed by atoms with Gasteiger partial charge in [-0.15, -0.1) is 0 Å². The number of imidazole rings is 1. The SMILES string of the molecule is Cc1ccc(C)c(CC(=O)Nc2c(-c3ccc(F)cc3)ncn2C)c1. The number of nitrogens with one attached hydrogen (secondary N) is 1. The van der Waals surface area contributed by atoms with Crippen molar-refractivity contribution in [1.29, 1.82) is 0 Å². The fourth-order valence-corrected chi connectivity index (χ4v) is 2.74. The first-order valence-corrected chi connectivity index (χ1v) is 8.07. The summed E-state index contributed by atoms with van der Waals surface area (Å²) in [5, 5.41) is 2.93. The number of amides is 1. The Bertz CT molecular complexity index is 913. The predicted molar refractivity (Wildman–Crippen MR) is 96.9 cm³/mol. The Kier molecular flexibility index (Phi) is 4.65. The maximum absolute atomic E-state index is 13.1. The standard InChI is InChI=1S/C20H20FN3O/c1-13-4-5-14(2)16(10-13)11-18(25)23-20-19(22-12-24(20)3)15-6-8-17(21)9-7-15/h4-10,12H,11H2,1-3H3,(H,23,25). The van der Waals surface area contributed by atoms with Gasteiger partial charge >= 0.3 is 0 Å². The fraction of sp³-hybridized carbons (Fsp3) is 0.200. The van der Waals surface area contributed by atoms with Crippen LogP contribution in [0.25, 0.3) is 11.3 Å².